The lowest BCUT2D eigenvalue weighted by Gasteiger charge is -2.24. The monoisotopic (exact) mass is 656 g/mol. The average molecular weight is 657 g/mol. The summed E-state index contributed by atoms with van der Waals surface area (Å²) < 4.78 is 55.5. The molecule has 1 fully saturated rings. The Hall–Kier alpha value is -3.58. The summed E-state index contributed by atoms with van der Waals surface area (Å²) in [5.74, 6) is -2.37. The molecule has 4 rings (SSSR count). The minimum Gasteiger partial charge on any atom is -0.480 e. The van der Waals surface area contributed by atoms with Crippen molar-refractivity contribution in [3.63, 3.8) is 0 Å². The second-order valence-corrected chi connectivity index (χ2v) is 16.2. The Morgan fingerprint density at radius 2 is 1.67 bits per heavy atom. The highest BCUT2D eigenvalue weighted by atomic mass is 32.2. The van der Waals surface area contributed by atoms with Gasteiger partial charge in [0, 0.05) is 38.1 Å². The number of nitrogens with one attached hydrogen (secondary N) is 1. The molecule has 1 aliphatic rings. The molecule has 1 unspecified atom stereocenters. The summed E-state index contributed by atoms with van der Waals surface area (Å²) >= 11 is 0. The molecule has 3 aromatic carbocycles. The van der Waals surface area contributed by atoms with Gasteiger partial charge in [0.25, 0.3) is 5.91 Å². The number of nitrogens with zero attached hydrogens (tertiary/aromatic N) is 1. The Balaban J connectivity index is 1.61. The van der Waals surface area contributed by atoms with E-state index in [1.165, 1.54) is 0 Å². The van der Waals surface area contributed by atoms with Crippen LogP contribution in [0.4, 0.5) is 0 Å². The number of sulfone groups is 2. The summed E-state index contributed by atoms with van der Waals surface area (Å²) in [4.78, 5) is 27.4. The number of carbonyl (C=O) groups is 2. The van der Waals surface area contributed by atoms with Crippen LogP contribution in [0.25, 0.3) is 11.1 Å². The topological polar surface area (TPSA) is 147 Å². The number of carboxylic acid groups (broad SMARTS) is 1. The van der Waals surface area contributed by atoms with E-state index in [0.717, 1.165) is 28.5 Å². The van der Waals surface area contributed by atoms with Crippen molar-refractivity contribution >= 4 is 31.6 Å². The minimum atomic E-state index is -3.43. The van der Waals surface area contributed by atoms with Crippen LogP contribution in [0.1, 0.15) is 39.9 Å². The number of carboxylic acids is 1. The smallest absolute Gasteiger partial charge is 0.326 e. The lowest BCUT2D eigenvalue weighted by Crippen LogP contribution is -2.42. The Kier molecular flexibility index (Phi) is 11.2. The predicted octanol–water partition coefficient (Wildman–Crippen LogP) is 3.48. The number of carbonyl (C=O) groups excluding carboxylic acids is 1. The first-order valence-electron chi connectivity index (χ1n) is 14.7. The Morgan fingerprint density at radius 1 is 0.978 bits per heavy atom. The summed E-state index contributed by atoms with van der Waals surface area (Å²) in [6.45, 7) is 3.03. The van der Waals surface area contributed by atoms with Gasteiger partial charge < -0.3 is 15.2 Å². The highest BCUT2D eigenvalue weighted by Gasteiger charge is 2.39. The van der Waals surface area contributed by atoms with Crippen molar-refractivity contribution in [3.8, 4) is 11.1 Å². The van der Waals surface area contributed by atoms with Crippen molar-refractivity contribution in [1.82, 2.24) is 10.2 Å². The maximum Gasteiger partial charge on any atom is 0.326 e. The zero-order valence-corrected chi connectivity index (χ0v) is 27.3. The molecule has 242 valence electrons. The molecule has 3 atom stereocenters. The molecular formula is C33H40N2O8S2. The van der Waals surface area contributed by atoms with E-state index in [4.69, 9.17) is 4.74 Å². The van der Waals surface area contributed by atoms with Crippen molar-refractivity contribution < 1.29 is 36.3 Å². The van der Waals surface area contributed by atoms with E-state index in [-0.39, 0.29) is 29.5 Å². The number of hydrogen-bond acceptors (Lipinski definition) is 8. The molecular weight excluding hydrogens is 617 g/mol. The fraction of sp³-hybridized carbons (Fsp3) is 0.394. The van der Waals surface area contributed by atoms with Crippen LogP contribution < -0.4 is 5.32 Å². The molecule has 3 aromatic rings. The van der Waals surface area contributed by atoms with Crippen LogP contribution in [0.2, 0.25) is 0 Å². The third kappa shape index (κ3) is 9.23. The zero-order chi connectivity index (χ0) is 32.8. The molecule has 12 heteroatoms. The van der Waals surface area contributed by atoms with Crippen LogP contribution >= 0.6 is 0 Å². The number of rotatable bonds is 14. The largest absolute Gasteiger partial charge is 0.480 e. The summed E-state index contributed by atoms with van der Waals surface area (Å²) in [6.07, 6.45) is 1.20. The van der Waals surface area contributed by atoms with Gasteiger partial charge in [0.1, 0.15) is 15.9 Å². The average Bonchev–Trinajstić information content (AvgIpc) is 3.38. The van der Waals surface area contributed by atoms with Crippen LogP contribution in [0.5, 0.6) is 0 Å². The SMILES string of the molecule is COCC1C[C@@H](S(=O)(=O)Cc2ccccc2)CN1Cc1ccc(C(=O)N[C@H](CCS(C)(=O)=O)C(=O)O)c(-c2ccccc2C)c1. The van der Waals surface area contributed by atoms with E-state index in [9.17, 15) is 31.5 Å². The van der Waals surface area contributed by atoms with Gasteiger partial charge in [-0.1, -0.05) is 60.7 Å². The van der Waals surface area contributed by atoms with Crippen LogP contribution in [0.3, 0.4) is 0 Å². The Labute approximate surface area is 265 Å². The van der Waals surface area contributed by atoms with Crippen molar-refractivity contribution in [2.75, 3.05) is 32.3 Å². The van der Waals surface area contributed by atoms with Gasteiger partial charge in [-0.2, -0.15) is 0 Å². The first-order chi connectivity index (χ1) is 21.3. The molecule has 0 spiro atoms. The second-order valence-electron chi connectivity index (χ2n) is 11.7. The summed E-state index contributed by atoms with van der Waals surface area (Å²) in [6, 6.07) is 20.4. The number of likely N-dealkylation sites (tertiary alicyclic amines) is 1. The Morgan fingerprint density at radius 3 is 2.31 bits per heavy atom. The molecule has 0 aromatic heterocycles. The predicted molar refractivity (Wildman–Crippen MR) is 173 cm³/mol. The number of benzene rings is 3. The number of ether oxygens (including phenoxy) is 1. The number of aryl methyl sites for hydroxylation is 1. The van der Waals surface area contributed by atoms with Gasteiger partial charge in [0.15, 0.2) is 9.84 Å². The summed E-state index contributed by atoms with van der Waals surface area (Å²) in [5, 5.41) is 11.6. The number of hydrogen-bond donors (Lipinski definition) is 2. The third-order valence-corrected chi connectivity index (χ3v) is 11.2. The van der Waals surface area contributed by atoms with Crippen LogP contribution in [0.15, 0.2) is 72.8 Å². The zero-order valence-electron chi connectivity index (χ0n) is 25.7. The van der Waals surface area contributed by atoms with Crippen molar-refractivity contribution in [3.05, 3.63) is 95.1 Å². The van der Waals surface area contributed by atoms with Crippen LogP contribution in [0, 0.1) is 6.92 Å². The quantitative estimate of drug-likeness (QED) is 0.266. The number of methoxy groups -OCH3 is 1. The molecule has 2 N–H and O–H groups in total. The Bertz CT molecular complexity index is 1730. The number of aliphatic carboxylic acids is 1. The van der Waals surface area contributed by atoms with Gasteiger partial charge >= 0.3 is 5.97 Å². The summed E-state index contributed by atoms with van der Waals surface area (Å²) in [5.41, 5.74) is 4.12. The van der Waals surface area contributed by atoms with Crippen molar-refractivity contribution in [2.24, 2.45) is 0 Å². The van der Waals surface area contributed by atoms with E-state index in [2.05, 4.69) is 10.2 Å². The van der Waals surface area contributed by atoms with E-state index >= 15 is 0 Å². The molecule has 45 heavy (non-hydrogen) atoms. The minimum absolute atomic E-state index is 0.0329. The van der Waals surface area contributed by atoms with E-state index in [0.29, 0.717) is 31.7 Å². The van der Waals surface area contributed by atoms with Gasteiger partial charge in [0.2, 0.25) is 0 Å². The van der Waals surface area contributed by atoms with Gasteiger partial charge in [-0.05, 0) is 59.7 Å². The molecule has 0 radical (unpaired) electrons. The standard InChI is InChI=1S/C33H40N2O8S2/c1-23-9-7-8-12-28(23)30-17-25(13-14-29(30)32(36)34-31(33(37)38)15-16-44(3,39)40)19-35-20-27(18-26(35)21-43-2)45(41,42)22-24-10-5-4-6-11-24/h4-14,17,26-27,31H,15-16,18-22H2,1-3H3,(H,34,36)(H,37,38)/t26?,27-,31-/m1/s1. The van der Waals surface area contributed by atoms with Gasteiger partial charge in [-0.3, -0.25) is 9.69 Å². The fourth-order valence-corrected chi connectivity index (χ4v) is 8.22. The van der Waals surface area contributed by atoms with Crippen molar-refractivity contribution in [2.45, 2.75) is 49.4 Å². The van der Waals surface area contributed by atoms with Crippen LogP contribution in [-0.4, -0.2) is 88.3 Å². The number of amides is 1. The van der Waals surface area contributed by atoms with Gasteiger partial charge in [0.05, 0.1) is 23.4 Å². The van der Waals surface area contributed by atoms with E-state index in [1.807, 2.05) is 67.6 Å². The fourth-order valence-electron chi connectivity index (χ4n) is 5.73. The van der Waals surface area contributed by atoms with E-state index < -0.39 is 42.8 Å². The van der Waals surface area contributed by atoms with E-state index in [1.54, 1.807) is 19.2 Å². The maximum atomic E-state index is 13.5. The van der Waals surface area contributed by atoms with Gasteiger partial charge in [-0.25, -0.2) is 21.6 Å². The summed E-state index contributed by atoms with van der Waals surface area (Å²) in [7, 11) is -5.27. The molecule has 0 saturated carbocycles. The highest BCUT2D eigenvalue weighted by molar-refractivity contribution is 7.91. The normalized spacial score (nSPS) is 18.0. The lowest BCUT2D eigenvalue weighted by atomic mass is 9.93. The molecule has 10 nitrogen and oxygen atoms in total. The lowest BCUT2D eigenvalue weighted by molar-refractivity contribution is -0.139. The van der Waals surface area contributed by atoms with Crippen LogP contribution in [-0.2, 0) is 41.5 Å². The van der Waals surface area contributed by atoms with Crippen molar-refractivity contribution in [1.29, 1.82) is 0 Å². The molecule has 0 aliphatic carbocycles. The molecule has 1 saturated heterocycles. The first kappa shape index (κ1) is 34.3. The maximum absolute atomic E-state index is 13.5. The first-order valence-corrected chi connectivity index (χ1v) is 18.4. The molecule has 1 heterocycles. The highest BCUT2D eigenvalue weighted by Crippen LogP contribution is 2.31. The molecule has 1 amide bonds. The van der Waals surface area contributed by atoms with Gasteiger partial charge in [-0.15, -0.1) is 0 Å². The molecule has 0 bridgehead atoms. The second kappa shape index (κ2) is 14.7. The third-order valence-electron chi connectivity index (χ3n) is 8.10. The molecule has 1 aliphatic heterocycles.